The number of hydrogen-bond acceptors (Lipinski definition) is 4. The number of hydrogen-bond donors (Lipinski definition) is 1. The molecule has 0 bridgehead atoms. The predicted octanol–water partition coefficient (Wildman–Crippen LogP) is 3.00. The fraction of sp³-hybridized carbons (Fsp3) is 0.200. The molecular formula is C20H15F2NO4. The van der Waals surface area contributed by atoms with Gasteiger partial charge < -0.3 is 14.4 Å². The molecule has 3 aromatic rings. The number of rotatable bonds is 4. The van der Waals surface area contributed by atoms with E-state index in [-0.39, 0.29) is 35.4 Å². The average Bonchev–Trinajstić information content (AvgIpc) is 2.94. The maximum Gasteiger partial charge on any atom is 0.290 e. The Balaban J connectivity index is 1.97. The third-order valence-corrected chi connectivity index (χ3v) is 4.67. The molecule has 138 valence electrons. The molecular weight excluding hydrogens is 356 g/mol. The zero-order valence-corrected chi connectivity index (χ0v) is 14.1. The van der Waals surface area contributed by atoms with Gasteiger partial charge in [-0.15, -0.1) is 0 Å². The maximum atomic E-state index is 13.6. The summed E-state index contributed by atoms with van der Waals surface area (Å²) in [6.07, 6.45) is 0.305. The second-order valence-corrected chi connectivity index (χ2v) is 6.34. The van der Waals surface area contributed by atoms with Gasteiger partial charge in [0.25, 0.3) is 5.91 Å². The van der Waals surface area contributed by atoms with Gasteiger partial charge in [0, 0.05) is 13.2 Å². The molecule has 0 fully saturated rings. The molecule has 5 nitrogen and oxygen atoms in total. The number of carbonyl (C=O) groups excluding carboxylic acids is 1. The van der Waals surface area contributed by atoms with Crippen LogP contribution in [0.2, 0.25) is 0 Å². The molecule has 1 aliphatic heterocycles. The van der Waals surface area contributed by atoms with E-state index in [1.54, 1.807) is 0 Å². The normalized spacial score (nSPS) is 16.2. The number of benzene rings is 2. The summed E-state index contributed by atoms with van der Waals surface area (Å²) in [5, 5.41) is 9.19. The molecule has 1 aliphatic rings. The molecule has 1 amide bonds. The second-order valence-electron chi connectivity index (χ2n) is 6.34. The fourth-order valence-corrected chi connectivity index (χ4v) is 3.46. The number of halogens is 2. The highest BCUT2D eigenvalue weighted by molar-refractivity contribution is 5.99. The van der Waals surface area contributed by atoms with Gasteiger partial charge in [0.05, 0.1) is 17.0 Å². The van der Waals surface area contributed by atoms with Crippen molar-refractivity contribution >= 4 is 16.9 Å². The van der Waals surface area contributed by atoms with Crippen LogP contribution in [0, 0.1) is 11.6 Å². The van der Waals surface area contributed by atoms with Crippen LogP contribution in [-0.2, 0) is 0 Å². The van der Waals surface area contributed by atoms with Crippen molar-refractivity contribution in [1.29, 1.82) is 0 Å². The number of fused-ring (bicyclic) bond motifs is 2. The lowest BCUT2D eigenvalue weighted by atomic mass is 9.98. The Morgan fingerprint density at radius 1 is 1.04 bits per heavy atom. The summed E-state index contributed by atoms with van der Waals surface area (Å²) in [4.78, 5) is 27.3. The predicted molar refractivity (Wildman–Crippen MR) is 93.4 cm³/mol. The highest BCUT2D eigenvalue weighted by Gasteiger charge is 2.42. The third-order valence-electron chi connectivity index (χ3n) is 4.67. The highest BCUT2D eigenvalue weighted by atomic mass is 19.1. The Kier molecular flexibility index (Phi) is 4.24. The van der Waals surface area contributed by atoms with Crippen LogP contribution in [0.5, 0.6) is 0 Å². The summed E-state index contributed by atoms with van der Waals surface area (Å²) in [7, 11) is 0. The van der Waals surface area contributed by atoms with Crippen molar-refractivity contribution in [3.8, 4) is 0 Å². The first-order valence-corrected chi connectivity index (χ1v) is 8.45. The lowest BCUT2D eigenvalue weighted by Crippen LogP contribution is -2.31. The Labute approximate surface area is 152 Å². The van der Waals surface area contributed by atoms with Crippen LogP contribution in [0.15, 0.2) is 51.7 Å². The zero-order valence-electron chi connectivity index (χ0n) is 14.1. The van der Waals surface area contributed by atoms with E-state index in [1.165, 1.54) is 35.2 Å². The van der Waals surface area contributed by atoms with Gasteiger partial charge in [-0.3, -0.25) is 9.59 Å². The molecule has 0 saturated carbocycles. The van der Waals surface area contributed by atoms with Crippen LogP contribution in [0.4, 0.5) is 8.78 Å². The minimum Gasteiger partial charge on any atom is -0.450 e. The van der Waals surface area contributed by atoms with Crippen LogP contribution >= 0.6 is 0 Å². The van der Waals surface area contributed by atoms with Crippen LogP contribution in [0.3, 0.4) is 0 Å². The summed E-state index contributed by atoms with van der Waals surface area (Å²) in [5.74, 6) is -1.63. The van der Waals surface area contributed by atoms with Crippen molar-refractivity contribution < 1.29 is 23.1 Å². The van der Waals surface area contributed by atoms with Gasteiger partial charge in [0.1, 0.15) is 17.2 Å². The summed E-state index contributed by atoms with van der Waals surface area (Å²) in [6, 6.07) is 8.20. The quantitative estimate of drug-likeness (QED) is 0.765. The first kappa shape index (κ1) is 17.4. The van der Waals surface area contributed by atoms with Crippen molar-refractivity contribution in [2.75, 3.05) is 13.2 Å². The van der Waals surface area contributed by atoms with Crippen molar-refractivity contribution in [1.82, 2.24) is 4.90 Å². The Hall–Kier alpha value is -3.06. The molecule has 0 saturated heterocycles. The summed E-state index contributed by atoms with van der Waals surface area (Å²) in [6.45, 7) is 0.0521. The molecule has 2 heterocycles. The van der Waals surface area contributed by atoms with Crippen molar-refractivity contribution in [3.05, 3.63) is 81.2 Å². The van der Waals surface area contributed by atoms with Crippen LogP contribution < -0.4 is 5.43 Å². The molecule has 0 spiro atoms. The number of nitrogens with zero attached hydrogens (tertiary/aromatic N) is 1. The van der Waals surface area contributed by atoms with Gasteiger partial charge in [0.15, 0.2) is 5.43 Å². The van der Waals surface area contributed by atoms with Crippen LogP contribution in [-0.4, -0.2) is 29.1 Å². The lowest BCUT2D eigenvalue weighted by Gasteiger charge is -2.24. The molecule has 27 heavy (non-hydrogen) atoms. The van der Waals surface area contributed by atoms with E-state index >= 15 is 0 Å². The van der Waals surface area contributed by atoms with Crippen molar-refractivity contribution in [3.63, 3.8) is 0 Å². The van der Waals surface area contributed by atoms with Gasteiger partial charge in [-0.1, -0.05) is 12.1 Å². The number of carbonyl (C=O) groups is 1. The van der Waals surface area contributed by atoms with E-state index in [0.29, 0.717) is 12.0 Å². The van der Waals surface area contributed by atoms with Crippen molar-refractivity contribution in [2.45, 2.75) is 12.5 Å². The number of aliphatic hydroxyl groups excluding tert-OH is 1. The molecule has 1 N–H and O–H groups in total. The van der Waals surface area contributed by atoms with Gasteiger partial charge >= 0.3 is 0 Å². The smallest absolute Gasteiger partial charge is 0.290 e. The topological polar surface area (TPSA) is 70.8 Å². The molecule has 0 radical (unpaired) electrons. The SMILES string of the molecule is O=C1c2oc3ccc(F)cc3c(=O)c2[C@H](c2ccc(F)cc2)N1CCCO. The van der Waals surface area contributed by atoms with E-state index in [2.05, 4.69) is 0 Å². The highest BCUT2D eigenvalue weighted by Crippen LogP contribution is 2.38. The fourth-order valence-electron chi connectivity index (χ4n) is 3.46. The molecule has 1 aromatic heterocycles. The van der Waals surface area contributed by atoms with Gasteiger partial charge in [-0.2, -0.15) is 0 Å². The molecule has 7 heteroatoms. The monoisotopic (exact) mass is 371 g/mol. The Morgan fingerprint density at radius 2 is 1.74 bits per heavy atom. The molecule has 2 aromatic carbocycles. The van der Waals surface area contributed by atoms with Crippen LogP contribution in [0.25, 0.3) is 11.0 Å². The van der Waals surface area contributed by atoms with E-state index in [0.717, 1.165) is 12.1 Å². The molecule has 0 aliphatic carbocycles. The summed E-state index contributed by atoms with van der Waals surface area (Å²) in [5.41, 5.74) is 0.252. The first-order valence-electron chi connectivity index (χ1n) is 8.45. The van der Waals surface area contributed by atoms with E-state index in [1.807, 2.05) is 0 Å². The molecule has 1 atom stereocenters. The second kappa shape index (κ2) is 6.59. The van der Waals surface area contributed by atoms with E-state index in [9.17, 15) is 18.4 Å². The minimum atomic E-state index is -0.788. The average molecular weight is 371 g/mol. The standard InChI is InChI=1S/C20H15F2NO4/c21-12-4-2-11(3-5-12)17-16-18(25)14-10-13(22)6-7-15(14)27-19(16)20(26)23(17)8-1-9-24/h2-7,10,17,24H,1,8-9H2/t17-/m0/s1. The lowest BCUT2D eigenvalue weighted by molar-refractivity contribution is 0.0716. The summed E-state index contributed by atoms with van der Waals surface area (Å²) < 4.78 is 32.6. The van der Waals surface area contributed by atoms with Gasteiger partial charge in [0.2, 0.25) is 5.76 Å². The van der Waals surface area contributed by atoms with Gasteiger partial charge in [-0.25, -0.2) is 8.78 Å². The van der Waals surface area contributed by atoms with E-state index < -0.39 is 29.0 Å². The van der Waals surface area contributed by atoms with Gasteiger partial charge in [-0.05, 0) is 42.3 Å². The largest absolute Gasteiger partial charge is 0.450 e. The summed E-state index contributed by atoms with van der Waals surface area (Å²) >= 11 is 0. The maximum absolute atomic E-state index is 13.6. The number of amides is 1. The van der Waals surface area contributed by atoms with Crippen molar-refractivity contribution in [2.24, 2.45) is 0 Å². The van der Waals surface area contributed by atoms with E-state index in [4.69, 9.17) is 9.52 Å². The Morgan fingerprint density at radius 3 is 2.44 bits per heavy atom. The van der Waals surface area contributed by atoms with Crippen LogP contribution in [0.1, 0.15) is 34.1 Å². The Bertz CT molecular complexity index is 1090. The minimum absolute atomic E-state index is 0.0395. The molecule has 4 rings (SSSR count). The zero-order chi connectivity index (χ0) is 19.1. The molecule has 0 unspecified atom stereocenters. The first-order chi connectivity index (χ1) is 13.0. The third kappa shape index (κ3) is 2.80. The number of aliphatic hydroxyl groups is 1.